The molecule has 1 saturated heterocycles. The first kappa shape index (κ1) is 14.5. The van der Waals surface area contributed by atoms with Gasteiger partial charge in [-0.3, -0.25) is 0 Å². The number of aromatic carboxylic acids is 1. The monoisotopic (exact) mass is 314 g/mol. The Morgan fingerprint density at radius 2 is 2.00 bits per heavy atom. The molecule has 0 radical (unpaired) electrons. The van der Waals surface area contributed by atoms with Gasteiger partial charge in [0, 0.05) is 13.1 Å². The number of nitrogens with one attached hydrogen (secondary N) is 2. The lowest BCUT2D eigenvalue weighted by Crippen LogP contribution is -2.55. The zero-order chi connectivity index (χ0) is 15.1. The minimum Gasteiger partial charge on any atom is -0.477 e. The van der Waals surface area contributed by atoms with Crippen LogP contribution in [0.4, 0.5) is 0 Å². The third-order valence-electron chi connectivity index (χ3n) is 4.20. The Labute approximate surface area is 122 Å². The first-order valence-corrected chi connectivity index (χ1v) is 8.45. The van der Waals surface area contributed by atoms with E-state index in [4.69, 9.17) is 5.11 Å². The van der Waals surface area contributed by atoms with Crippen molar-refractivity contribution < 1.29 is 18.3 Å². The van der Waals surface area contributed by atoms with Crippen molar-refractivity contribution in [3.05, 3.63) is 17.7 Å². The molecule has 0 spiro atoms. The summed E-state index contributed by atoms with van der Waals surface area (Å²) in [4.78, 5) is 17.7. The second-order valence-corrected chi connectivity index (χ2v) is 7.27. The molecule has 1 saturated carbocycles. The third-order valence-corrected chi connectivity index (χ3v) is 5.89. The van der Waals surface area contributed by atoms with Crippen LogP contribution in [0, 0.1) is 0 Å². The molecule has 0 bridgehead atoms. The van der Waals surface area contributed by atoms with Crippen molar-refractivity contribution in [3.63, 3.8) is 0 Å². The van der Waals surface area contributed by atoms with Crippen LogP contribution in [0.15, 0.2) is 6.20 Å². The van der Waals surface area contributed by atoms with E-state index in [0.29, 0.717) is 31.8 Å². The topological polar surface area (TPSA) is 115 Å². The molecular formula is C12H18N4O4S. The Kier molecular flexibility index (Phi) is 3.50. The number of carbonyl (C=O) groups is 1. The Morgan fingerprint density at radius 1 is 1.33 bits per heavy atom. The molecule has 2 aliphatic rings. The molecule has 0 unspecified atom stereocenters. The van der Waals surface area contributed by atoms with Crippen LogP contribution in [0.2, 0.25) is 0 Å². The number of imidazole rings is 1. The van der Waals surface area contributed by atoms with Crippen molar-refractivity contribution in [1.82, 2.24) is 19.0 Å². The van der Waals surface area contributed by atoms with Crippen molar-refractivity contribution in [3.8, 4) is 0 Å². The smallest absolute Gasteiger partial charge is 0.353 e. The maximum absolute atomic E-state index is 12.4. The molecule has 2 heterocycles. The summed E-state index contributed by atoms with van der Waals surface area (Å²) in [5.74, 6) is -0.723. The SMILES string of the molecule is O=C(O)c1cnc(C2(NS(=O)(=O)N3CCCC3)CCC2)[nH]1. The van der Waals surface area contributed by atoms with Gasteiger partial charge in [-0.15, -0.1) is 0 Å². The highest BCUT2D eigenvalue weighted by atomic mass is 32.2. The molecule has 1 aliphatic heterocycles. The van der Waals surface area contributed by atoms with Gasteiger partial charge in [-0.2, -0.15) is 17.4 Å². The van der Waals surface area contributed by atoms with Gasteiger partial charge in [0.15, 0.2) is 0 Å². The van der Waals surface area contributed by atoms with Gasteiger partial charge in [0.25, 0.3) is 10.2 Å². The highest BCUT2D eigenvalue weighted by molar-refractivity contribution is 7.87. The summed E-state index contributed by atoms with van der Waals surface area (Å²) in [5, 5.41) is 8.94. The van der Waals surface area contributed by atoms with Crippen LogP contribution in [0.1, 0.15) is 48.4 Å². The molecule has 0 atom stereocenters. The molecule has 1 aliphatic carbocycles. The van der Waals surface area contributed by atoms with E-state index in [1.165, 1.54) is 10.5 Å². The molecule has 1 aromatic rings. The molecule has 21 heavy (non-hydrogen) atoms. The molecule has 3 N–H and O–H groups in total. The van der Waals surface area contributed by atoms with E-state index < -0.39 is 21.7 Å². The zero-order valence-electron chi connectivity index (χ0n) is 11.5. The standard InChI is InChI=1S/C12H18N4O4S/c17-10(18)9-8-13-11(14-9)12(4-3-5-12)15-21(19,20)16-6-1-2-7-16/h8,15H,1-7H2,(H,13,14)(H,17,18). The van der Waals surface area contributed by atoms with E-state index in [1.807, 2.05) is 0 Å². The van der Waals surface area contributed by atoms with Crippen molar-refractivity contribution >= 4 is 16.2 Å². The maximum atomic E-state index is 12.4. The number of aromatic amines is 1. The molecule has 2 fully saturated rings. The number of nitrogens with zero attached hydrogens (tertiary/aromatic N) is 2. The van der Waals surface area contributed by atoms with Gasteiger partial charge < -0.3 is 10.1 Å². The van der Waals surface area contributed by atoms with Crippen LogP contribution in [0.3, 0.4) is 0 Å². The quantitative estimate of drug-likeness (QED) is 0.728. The van der Waals surface area contributed by atoms with Crippen molar-refractivity contribution in [2.45, 2.75) is 37.6 Å². The lowest BCUT2D eigenvalue weighted by molar-refractivity contribution is 0.0690. The number of hydrogen-bond acceptors (Lipinski definition) is 4. The summed E-state index contributed by atoms with van der Waals surface area (Å²) < 4.78 is 29.0. The van der Waals surface area contributed by atoms with Crippen LogP contribution in [0.25, 0.3) is 0 Å². The minimum absolute atomic E-state index is 0.0309. The molecule has 8 nitrogen and oxygen atoms in total. The highest BCUT2D eigenvalue weighted by Gasteiger charge is 2.46. The Morgan fingerprint density at radius 3 is 2.48 bits per heavy atom. The summed E-state index contributed by atoms with van der Waals surface area (Å²) in [6.07, 6.45) is 5.09. The Balaban J connectivity index is 1.84. The first-order chi connectivity index (χ1) is 9.93. The third kappa shape index (κ3) is 2.56. The molecule has 0 aromatic carbocycles. The second-order valence-electron chi connectivity index (χ2n) is 5.60. The van der Waals surface area contributed by atoms with Gasteiger partial charge in [-0.25, -0.2) is 9.78 Å². The van der Waals surface area contributed by atoms with E-state index in [2.05, 4.69) is 14.7 Å². The highest BCUT2D eigenvalue weighted by Crippen LogP contribution is 2.40. The fraction of sp³-hybridized carbons (Fsp3) is 0.667. The Hall–Kier alpha value is -1.45. The van der Waals surface area contributed by atoms with Gasteiger partial charge in [0.05, 0.1) is 11.7 Å². The average molecular weight is 314 g/mol. The van der Waals surface area contributed by atoms with E-state index in [0.717, 1.165) is 19.3 Å². The molecule has 3 rings (SSSR count). The molecular weight excluding hydrogens is 296 g/mol. The van der Waals surface area contributed by atoms with Gasteiger partial charge >= 0.3 is 5.97 Å². The summed E-state index contributed by atoms with van der Waals surface area (Å²) in [6.45, 7) is 1.06. The number of carboxylic acids is 1. The summed E-state index contributed by atoms with van der Waals surface area (Å²) in [7, 11) is -3.56. The minimum atomic E-state index is -3.56. The predicted octanol–water partition coefficient (Wildman–Crippen LogP) is 0.417. The van der Waals surface area contributed by atoms with Crippen LogP contribution in [-0.4, -0.2) is 46.9 Å². The fourth-order valence-electron chi connectivity index (χ4n) is 2.83. The number of hydrogen-bond donors (Lipinski definition) is 3. The van der Waals surface area contributed by atoms with Gasteiger partial charge in [0.1, 0.15) is 11.5 Å². The molecule has 0 amide bonds. The van der Waals surface area contributed by atoms with Crippen molar-refractivity contribution in [2.75, 3.05) is 13.1 Å². The van der Waals surface area contributed by atoms with Crippen molar-refractivity contribution in [1.29, 1.82) is 0 Å². The van der Waals surface area contributed by atoms with Crippen LogP contribution < -0.4 is 4.72 Å². The van der Waals surface area contributed by atoms with Gasteiger partial charge in [0.2, 0.25) is 0 Å². The number of carboxylic acid groups (broad SMARTS) is 1. The van der Waals surface area contributed by atoms with Gasteiger partial charge in [-0.1, -0.05) is 0 Å². The van der Waals surface area contributed by atoms with Crippen molar-refractivity contribution in [2.24, 2.45) is 0 Å². The van der Waals surface area contributed by atoms with Crippen LogP contribution >= 0.6 is 0 Å². The zero-order valence-corrected chi connectivity index (χ0v) is 12.3. The number of aromatic nitrogens is 2. The average Bonchev–Trinajstić information content (AvgIpc) is 3.04. The second kappa shape index (κ2) is 5.08. The normalized spacial score (nSPS) is 22.1. The van der Waals surface area contributed by atoms with E-state index in [-0.39, 0.29) is 5.69 Å². The van der Waals surface area contributed by atoms with Crippen LogP contribution in [0.5, 0.6) is 0 Å². The maximum Gasteiger partial charge on any atom is 0.353 e. The summed E-state index contributed by atoms with van der Waals surface area (Å²) in [6, 6.07) is 0. The molecule has 9 heteroatoms. The number of H-pyrrole nitrogens is 1. The molecule has 116 valence electrons. The lowest BCUT2D eigenvalue weighted by Gasteiger charge is -2.41. The summed E-state index contributed by atoms with van der Waals surface area (Å²) in [5.41, 5.74) is -0.827. The molecule has 1 aromatic heterocycles. The van der Waals surface area contributed by atoms with Crippen LogP contribution in [-0.2, 0) is 15.7 Å². The van der Waals surface area contributed by atoms with E-state index in [1.54, 1.807) is 0 Å². The largest absolute Gasteiger partial charge is 0.477 e. The van der Waals surface area contributed by atoms with E-state index in [9.17, 15) is 13.2 Å². The summed E-state index contributed by atoms with van der Waals surface area (Å²) >= 11 is 0. The lowest BCUT2D eigenvalue weighted by atomic mass is 9.77. The first-order valence-electron chi connectivity index (χ1n) is 7.01. The fourth-order valence-corrected chi connectivity index (χ4v) is 4.49. The van der Waals surface area contributed by atoms with E-state index >= 15 is 0 Å². The van der Waals surface area contributed by atoms with Gasteiger partial charge in [-0.05, 0) is 32.1 Å². The number of rotatable bonds is 5. The Bertz CT molecular complexity index is 644. The predicted molar refractivity (Wildman–Crippen MR) is 73.9 cm³/mol.